The maximum Gasteiger partial charge on any atom is 0.266 e. The van der Waals surface area contributed by atoms with Crippen molar-refractivity contribution in [1.82, 2.24) is 44.9 Å². The topological polar surface area (TPSA) is 238 Å². The number of amides is 6. The number of ketones is 1. The molecule has 0 bridgehead atoms. The zero-order chi connectivity index (χ0) is 45.2. The number of carbonyl (C=O) groups is 7. The fourth-order valence-electron chi connectivity index (χ4n) is 8.88. The van der Waals surface area contributed by atoms with Crippen LogP contribution in [0.25, 0.3) is 11.0 Å². The number of ether oxygens (including phenoxy) is 1. The molecular formula is C44H49N11O9. The molecule has 334 valence electrons. The molecule has 4 aromatic rings. The highest BCUT2D eigenvalue weighted by Crippen LogP contribution is 2.34. The van der Waals surface area contributed by atoms with Crippen LogP contribution >= 0.6 is 0 Å². The van der Waals surface area contributed by atoms with Gasteiger partial charge in [-0.3, -0.25) is 58.0 Å². The summed E-state index contributed by atoms with van der Waals surface area (Å²) < 4.78 is 7.33. The second kappa shape index (κ2) is 18.3. The minimum Gasteiger partial charge on any atom is -0.483 e. The molecule has 1 saturated carbocycles. The van der Waals surface area contributed by atoms with Gasteiger partial charge in [0.05, 0.1) is 35.1 Å². The van der Waals surface area contributed by atoms with Crippen LogP contribution < -0.4 is 31.1 Å². The van der Waals surface area contributed by atoms with E-state index in [4.69, 9.17) is 9.72 Å². The Morgan fingerprint density at radius 3 is 2.41 bits per heavy atom. The van der Waals surface area contributed by atoms with Crippen molar-refractivity contribution in [3.8, 4) is 5.75 Å². The molecule has 1 aromatic carbocycles. The molecule has 6 amide bonds. The van der Waals surface area contributed by atoms with E-state index in [1.165, 1.54) is 25.1 Å². The van der Waals surface area contributed by atoms with E-state index in [1.807, 2.05) is 12.1 Å². The van der Waals surface area contributed by atoms with E-state index < -0.39 is 42.2 Å². The van der Waals surface area contributed by atoms with Crippen molar-refractivity contribution in [2.45, 2.75) is 64.5 Å². The van der Waals surface area contributed by atoms with Gasteiger partial charge in [-0.05, 0) is 70.0 Å². The number of aryl methyl sites for hydroxylation is 1. The molecule has 1 aliphatic carbocycles. The molecule has 20 heteroatoms. The molecule has 3 N–H and O–H groups in total. The third-order valence-electron chi connectivity index (χ3n) is 12.2. The molecule has 20 nitrogen and oxygen atoms in total. The molecule has 4 aliphatic rings. The number of nitrogens with one attached hydrogen (secondary N) is 3. The minimum absolute atomic E-state index is 0.00488. The molecule has 1 atom stereocenters. The standard InChI is InChI=1S/C44H49N11O9/c1-25-30-22-47-44(50-39(30)54(27-7-4-5-8-27)42(62)37(25)26(2)56)48-33-13-11-28(21-46-33)52-17-19-53(20-18-52)36(59)23-51(3)16-15-45-35(58)24-64-32-10-6-9-29-38(32)43(63)55(41(29)61)31-12-14-34(57)49-40(31)60/h6,9-11,13,21-22,27,31H,4-5,7-8,12,14-20,23-24H2,1-3H3,(H,45,58)(H,49,57,60)(H,46,47,48,50). The van der Waals surface area contributed by atoms with Crippen molar-refractivity contribution in [3.63, 3.8) is 0 Å². The lowest BCUT2D eigenvalue weighted by atomic mass is 10.0. The summed E-state index contributed by atoms with van der Waals surface area (Å²) in [5.74, 6) is -2.56. The number of benzene rings is 1. The van der Waals surface area contributed by atoms with Crippen molar-refractivity contribution >= 4 is 69.7 Å². The van der Waals surface area contributed by atoms with Crippen LogP contribution in [0.2, 0.25) is 0 Å². The van der Waals surface area contributed by atoms with Crippen molar-refractivity contribution < 1.29 is 38.3 Å². The Hall–Kier alpha value is -7.09. The number of fused-ring (bicyclic) bond motifs is 2. The third-order valence-corrected chi connectivity index (χ3v) is 12.2. The van der Waals surface area contributed by atoms with Gasteiger partial charge >= 0.3 is 0 Å². The van der Waals surface area contributed by atoms with E-state index >= 15 is 0 Å². The summed E-state index contributed by atoms with van der Waals surface area (Å²) >= 11 is 0. The van der Waals surface area contributed by atoms with Gasteiger partial charge in [0.2, 0.25) is 23.7 Å². The largest absolute Gasteiger partial charge is 0.483 e. The molecule has 64 heavy (non-hydrogen) atoms. The van der Waals surface area contributed by atoms with Crippen molar-refractivity contribution in [2.75, 3.05) is 69.7 Å². The number of nitrogens with zero attached hydrogens (tertiary/aromatic N) is 8. The van der Waals surface area contributed by atoms with E-state index in [9.17, 15) is 38.4 Å². The van der Waals surface area contributed by atoms with Crippen LogP contribution in [-0.2, 0) is 19.2 Å². The number of pyridine rings is 2. The maximum atomic E-state index is 13.6. The predicted octanol–water partition coefficient (Wildman–Crippen LogP) is 1.73. The summed E-state index contributed by atoms with van der Waals surface area (Å²) in [6, 6.07) is 7.02. The minimum atomic E-state index is -1.12. The molecule has 0 spiro atoms. The van der Waals surface area contributed by atoms with Crippen molar-refractivity contribution in [3.05, 3.63) is 75.3 Å². The van der Waals surface area contributed by atoms with E-state index in [2.05, 4.69) is 30.8 Å². The average Bonchev–Trinajstić information content (AvgIpc) is 3.89. The number of piperazine rings is 1. The van der Waals surface area contributed by atoms with Crippen LogP contribution in [0, 0.1) is 6.92 Å². The number of rotatable bonds is 14. The van der Waals surface area contributed by atoms with Gasteiger partial charge in [-0.1, -0.05) is 18.9 Å². The van der Waals surface area contributed by atoms with Gasteiger partial charge in [0.1, 0.15) is 23.3 Å². The second-order valence-electron chi connectivity index (χ2n) is 16.5. The van der Waals surface area contributed by atoms with Crippen LogP contribution in [0.15, 0.2) is 47.5 Å². The van der Waals surface area contributed by atoms with Crippen LogP contribution in [0.3, 0.4) is 0 Å². The maximum absolute atomic E-state index is 13.6. The van der Waals surface area contributed by atoms with Gasteiger partial charge in [-0.25, -0.2) is 9.97 Å². The normalized spacial score (nSPS) is 17.9. The Labute approximate surface area is 367 Å². The number of likely N-dealkylation sites (N-methyl/N-ethyl adjacent to an activating group) is 1. The van der Waals surface area contributed by atoms with Gasteiger partial charge in [-0.15, -0.1) is 0 Å². The molecule has 3 fully saturated rings. The number of hydrogen-bond donors (Lipinski definition) is 3. The zero-order valence-corrected chi connectivity index (χ0v) is 35.8. The molecule has 1 unspecified atom stereocenters. The van der Waals surface area contributed by atoms with Crippen molar-refractivity contribution in [2.24, 2.45) is 0 Å². The summed E-state index contributed by atoms with van der Waals surface area (Å²) in [5.41, 5.74) is 1.84. The Balaban J connectivity index is 0.778. The SMILES string of the molecule is CC(=O)c1c(C)c2cnc(Nc3ccc(N4CCN(C(=O)CN(C)CCNC(=O)COc5cccc6c5C(=O)N(C5CCC(=O)NC5=O)C6=O)CC4)cn3)nc2n(C2CCCC2)c1=O. The lowest BCUT2D eigenvalue weighted by Gasteiger charge is -2.36. The number of imide groups is 2. The van der Waals surface area contributed by atoms with Crippen LogP contribution in [0.5, 0.6) is 5.75 Å². The fourth-order valence-corrected chi connectivity index (χ4v) is 8.88. The van der Waals surface area contributed by atoms with Gasteiger partial charge in [0, 0.05) is 63.3 Å². The van der Waals surface area contributed by atoms with E-state index in [0.717, 1.165) is 36.3 Å². The first-order valence-corrected chi connectivity index (χ1v) is 21.4. The van der Waals surface area contributed by atoms with Gasteiger partial charge in [0.15, 0.2) is 12.4 Å². The molecular weight excluding hydrogens is 827 g/mol. The summed E-state index contributed by atoms with van der Waals surface area (Å²) in [7, 11) is 1.78. The van der Waals surface area contributed by atoms with Gasteiger partial charge in [0.25, 0.3) is 23.3 Å². The summed E-state index contributed by atoms with van der Waals surface area (Å²) in [6.45, 7) is 5.72. The summed E-state index contributed by atoms with van der Waals surface area (Å²) in [6.07, 6.45) is 7.13. The number of aromatic nitrogens is 4. The summed E-state index contributed by atoms with van der Waals surface area (Å²) in [5, 5.41) is 8.72. The number of hydrogen-bond acceptors (Lipinski definition) is 15. The van der Waals surface area contributed by atoms with Crippen LogP contribution in [0.4, 0.5) is 17.5 Å². The molecule has 2 saturated heterocycles. The highest BCUT2D eigenvalue weighted by molar-refractivity contribution is 6.24. The van der Waals surface area contributed by atoms with Gasteiger partial charge < -0.3 is 25.2 Å². The number of Topliss-reactive ketones (excluding diaryl/α,β-unsaturated/α-hetero) is 1. The van der Waals surface area contributed by atoms with Crippen molar-refractivity contribution in [1.29, 1.82) is 0 Å². The molecule has 0 radical (unpaired) electrons. The zero-order valence-electron chi connectivity index (χ0n) is 35.8. The van der Waals surface area contributed by atoms with E-state index in [1.54, 1.807) is 40.7 Å². The van der Waals surface area contributed by atoms with Gasteiger partial charge in [-0.2, -0.15) is 4.98 Å². The molecule has 3 aliphatic heterocycles. The molecule has 8 rings (SSSR count). The van der Waals surface area contributed by atoms with Crippen LogP contribution in [0.1, 0.15) is 88.1 Å². The number of carbonyl (C=O) groups excluding carboxylic acids is 7. The Morgan fingerprint density at radius 1 is 0.938 bits per heavy atom. The van der Waals surface area contributed by atoms with Crippen LogP contribution in [-0.4, -0.2) is 141 Å². The second-order valence-corrected chi connectivity index (χ2v) is 16.5. The first-order chi connectivity index (χ1) is 30.8. The highest BCUT2D eigenvalue weighted by Gasteiger charge is 2.46. The fraction of sp³-hybridized carbons (Fsp3) is 0.432. The molecule has 6 heterocycles. The van der Waals surface area contributed by atoms with E-state index in [0.29, 0.717) is 55.1 Å². The quantitative estimate of drug-likeness (QED) is 0.121. The monoisotopic (exact) mass is 875 g/mol. The lowest BCUT2D eigenvalue weighted by Crippen LogP contribution is -2.54. The Morgan fingerprint density at radius 2 is 1.70 bits per heavy atom. The Kier molecular flexibility index (Phi) is 12.5. The Bertz CT molecular complexity index is 2620. The van der Waals surface area contributed by atoms with E-state index in [-0.39, 0.29) is 77.6 Å². The molecule has 3 aromatic heterocycles. The predicted molar refractivity (Wildman–Crippen MR) is 231 cm³/mol. The average molecular weight is 876 g/mol. The highest BCUT2D eigenvalue weighted by atomic mass is 16.5. The lowest BCUT2D eigenvalue weighted by molar-refractivity contribution is -0.136. The third kappa shape index (κ3) is 8.77. The smallest absolute Gasteiger partial charge is 0.266 e. The first kappa shape index (κ1) is 43.6. The summed E-state index contributed by atoms with van der Waals surface area (Å²) in [4.78, 5) is 123. The number of piperidine rings is 1. The first-order valence-electron chi connectivity index (χ1n) is 21.4. The number of anilines is 3.